The maximum absolute atomic E-state index is 9.51. The average molecular weight is 178 g/mol. The molecule has 1 heterocycles. The molecule has 0 aromatic rings. The van der Waals surface area contributed by atoms with Crippen LogP contribution < -0.4 is 0 Å². The summed E-state index contributed by atoms with van der Waals surface area (Å²) in [6.45, 7) is 2.76. The molecule has 0 amide bonds. The minimum atomic E-state index is -1.73. The van der Waals surface area contributed by atoms with Crippen molar-refractivity contribution in [1.82, 2.24) is 0 Å². The summed E-state index contributed by atoms with van der Waals surface area (Å²) in [5, 5.41) is 37.1. The van der Waals surface area contributed by atoms with Crippen molar-refractivity contribution in [3.05, 3.63) is 0 Å². The van der Waals surface area contributed by atoms with E-state index in [0.29, 0.717) is 0 Å². The Kier molecular flexibility index (Phi) is 2.42. The Balaban J connectivity index is 2.82. The van der Waals surface area contributed by atoms with E-state index < -0.39 is 30.2 Å². The highest BCUT2D eigenvalue weighted by Crippen LogP contribution is 2.28. The smallest absolute Gasteiger partial charge is 0.184 e. The van der Waals surface area contributed by atoms with Crippen molar-refractivity contribution < 1.29 is 25.2 Å². The Morgan fingerprint density at radius 3 is 2.17 bits per heavy atom. The second-order valence-electron chi connectivity index (χ2n) is 3.35. The molecule has 1 fully saturated rings. The van der Waals surface area contributed by atoms with Gasteiger partial charge in [0.1, 0.15) is 17.8 Å². The van der Waals surface area contributed by atoms with Gasteiger partial charge in [-0.15, -0.1) is 0 Å². The summed E-state index contributed by atoms with van der Waals surface area (Å²) in [5.41, 5.74) is -1.73. The minimum Gasteiger partial charge on any atom is -0.387 e. The van der Waals surface area contributed by atoms with E-state index in [2.05, 4.69) is 0 Å². The first-order chi connectivity index (χ1) is 5.37. The van der Waals surface area contributed by atoms with Gasteiger partial charge in [-0.2, -0.15) is 0 Å². The van der Waals surface area contributed by atoms with Gasteiger partial charge < -0.3 is 25.2 Å². The van der Waals surface area contributed by atoms with E-state index in [0.717, 1.165) is 0 Å². The summed E-state index contributed by atoms with van der Waals surface area (Å²) in [6.07, 6.45) is -4.82. The topological polar surface area (TPSA) is 90.2 Å². The van der Waals surface area contributed by atoms with E-state index in [-0.39, 0.29) is 0 Å². The molecule has 0 aliphatic carbocycles. The van der Waals surface area contributed by atoms with Gasteiger partial charge >= 0.3 is 0 Å². The highest BCUT2D eigenvalue weighted by Gasteiger charge is 2.50. The van der Waals surface area contributed by atoms with Gasteiger partial charge in [-0.1, -0.05) is 0 Å². The summed E-state index contributed by atoms with van der Waals surface area (Å²) in [5.74, 6) is 0. The maximum Gasteiger partial charge on any atom is 0.184 e. The van der Waals surface area contributed by atoms with Crippen LogP contribution in [0.1, 0.15) is 13.8 Å². The molecular weight excluding hydrogens is 164 g/mol. The Hall–Kier alpha value is -0.200. The minimum absolute atomic E-state index is 0.696. The van der Waals surface area contributed by atoms with Gasteiger partial charge in [0.2, 0.25) is 0 Å². The number of ether oxygens (including phenoxy) is 1. The Bertz CT molecular complexity index is 153. The predicted molar refractivity (Wildman–Crippen MR) is 39.2 cm³/mol. The van der Waals surface area contributed by atoms with Gasteiger partial charge in [0.15, 0.2) is 6.29 Å². The van der Waals surface area contributed by atoms with Crippen LogP contribution in [0.3, 0.4) is 0 Å². The third kappa shape index (κ3) is 1.34. The largest absolute Gasteiger partial charge is 0.387 e. The van der Waals surface area contributed by atoms with Gasteiger partial charge in [0.25, 0.3) is 0 Å². The first-order valence-corrected chi connectivity index (χ1v) is 3.79. The monoisotopic (exact) mass is 178 g/mol. The molecule has 1 aliphatic heterocycles. The fourth-order valence-electron chi connectivity index (χ4n) is 1.31. The van der Waals surface area contributed by atoms with E-state index in [1.54, 1.807) is 0 Å². The van der Waals surface area contributed by atoms with Crippen LogP contribution in [0.25, 0.3) is 0 Å². The lowest BCUT2D eigenvalue weighted by molar-refractivity contribution is -0.309. The van der Waals surface area contributed by atoms with Crippen molar-refractivity contribution >= 4 is 0 Å². The molecule has 4 N–H and O–H groups in total. The summed E-state index contributed by atoms with van der Waals surface area (Å²) in [6, 6.07) is 0. The summed E-state index contributed by atoms with van der Waals surface area (Å²) in [7, 11) is 0. The summed E-state index contributed by atoms with van der Waals surface area (Å²) in [4.78, 5) is 0. The van der Waals surface area contributed by atoms with Gasteiger partial charge in [-0.05, 0) is 13.8 Å². The molecule has 0 aromatic carbocycles. The predicted octanol–water partition coefficient (Wildman–Crippen LogP) is -1.80. The van der Waals surface area contributed by atoms with Crippen molar-refractivity contribution in [3.63, 3.8) is 0 Å². The lowest BCUT2D eigenvalue weighted by Crippen LogP contribution is -2.64. The maximum atomic E-state index is 9.51. The molecule has 0 bridgehead atoms. The van der Waals surface area contributed by atoms with Crippen molar-refractivity contribution in [2.24, 2.45) is 0 Å². The van der Waals surface area contributed by atoms with E-state index >= 15 is 0 Å². The highest BCUT2D eigenvalue weighted by atomic mass is 16.6. The van der Waals surface area contributed by atoms with Crippen molar-refractivity contribution in [2.75, 3.05) is 0 Å². The Labute approximate surface area is 70.2 Å². The van der Waals surface area contributed by atoms with Gasteiger partial charge in [-0.25, -0.2) is 0 Å². The number of rotatable bonds is 0. The van der Waals surface area contributed by atoms with Crippen molar-refractivity contribution in [1.29, 1.82) is 0 Å². The molecule has 5 heteroatoms. The van der Waals surface area contributed by atoms with Gasteiger partial charge in [-0.3, -0.25) is 0 Å². The Morgan fingerprint density at radius 1 is 1.17 bits per heavy atom. The molecule has 0 saturated carbocycles. The molecule has 1 unspecified atom stereocenters. The van der Waals surface area contributed by atoms with E-state index in [1.165, 1.54) is 13.8 Å². The van der Waals surface area contributed by atoms with Gasteiger partial charge in [0, 0.05) is 0 Å². The number of aliphatic hydroxyl groups is 4. The van der Waals surface area contributed by atoms with Crippen LogP contribution in [0.15, 0.2) is 0 Å². The molecule has 72 valence electrons. The van der Waals surface area contributed by atoms with E-state index in [1.807, 2.05) is 0 Å². The zero-order valence-corrected chi connectivity index (χ0v) is 7.01. The SMILES string of the molecule is C[C@H]1OC(O)[C@H](O)[C@](C)(O)[C@H]1O. The van der Waals surface area contributed by atoms with Crippen LogP contribution in [0.2, 0.25) is 0 Å². The van der Waals surface area contributed by atoms with Crippen LogP contribution in [-0.4, -0.2) is 50.6 Å². The lowest BCUT2D eigenvalue weighted by atomic mass is 9.86. The fraction of sp³-hybridized carbons (Fsp3) is 1.00. The molecule has 0 radical (unpaired) electrons. The van der Waals surface area contributed by atoms with Crippen LogP contribution in [0.4, 0.5) is 0 Å². The number of hydrogen-bond acceptors (Lipinski definition) is 5. The normalized spacial score (nSPS) is 55.5. The zero-order valence-electron chi connectivity index (χ0n) is 7.01. The molecule has 0 aromatic heterocycles. The highest BCUT2D eigenvalue weighted by molar-refractivity contribution is 4.97. The zero-order chi connectivity index (χ0) is 9.52. The molecule has 0 spiro atoms. The van der Waals surface area contributed by atoms with Crippen LogP contribution in [-0.2, 0) is 4.74 Å². The summed E-state index contributed by atoms with van der Waals surface area (Å²) >= 11 is 0. The first-order valence-electron chi connectivity index (χ1n) is 3.79. The number of hydrogen-bond donors (Lipinski definition) is 4. The average Bonchev–Trinajstić information content (AvgIpc) is 1.99. The molecule has 12 heavy (non-hydrogen) atoms. The lowest BCUT2D eigenvalue weighted by Gasteiger charge is -2.43. The van der Waals surface area contributed by atoms with Crippen LogP contribution >= 0.6 is 0 Å². The number of aliphatic hydroxyl groups excluding tert-OH is 3. The third-order valence-electron chi connectivity index (χ3n) is 2.27. The van der Waals surface area contributed by atoms with Crippen LogP contribution in [0.5, 0.6) is 0 Å². The Morgan fingerprint density at radius 2 is 1.67 bits per heavy atom. The van der Waals surface area contributed by atoms with E-state index in [4.69, 9.17) is 9.84 Å². The molecule has 1 saturated heterocycles. The third-order valence-corrected chi connectivity index (χ3v) is 2.27. The second-order valence-corrected chi connectivity index (χ2v) is 3.35. The van der Waals surface area contributed by atoms with Crippen molar-refractivity contribution in [2.45, 2.75) is 44.1 Å². The second kappa shape index (κ2) is 2.93. The molecule has 1 rings (SSSR count). The first kappa shape index (κ1) is 9.88. The van der Waals surface area contributed by atoms with Gasteiger partial charge in [0.05, 0.1) is 6.10 Å². The fourth-order valence-corrected chi connectivity index (χ4v) is 1.31. The van der Waals surface area contributed by atoms with Crippen molar-refractivity contribution in [3.8, 4) is 0 Å². The molecule has 5 nitrogen and oxygen atoms in total. The molecular formula is C7H14O5. The standard InChI is InChI=1S/C7H14O5/c1-3-4(8)7(2,11)5(9)6(10)12-3/h3-6,8-11H,1-2H3/t3-,4+,5+,6?,7-/m1/s1. The summed E-state index contributed by atoms with van der Waals surface area (Å²) < 4.78 is 4.74. The quantitative estimate of drug-likeness (QED) is 0.351. The molecule has 1 aliphatic rings. The van der Waals surface area contributed by atoms with Crippen LogP contribution in [0, 0.1) is 0 Å². The van der Waals surface area contributed by atoms with E-state index in [9.17, 15) is 15.3 Å². The molecule has 5 atom stereocenters.